The first-order valence-electron chi connectivity index (χ1n) is 22.0. The summed E-state index contributed by atoms with van der Waals surface area (Å²) in [6.07, 6.45) is 9.54. The van der Waals surface area contributed by atoms with Gasteiger partial charge in [0.1, 0.15) is 5.01 Å². The summed E-state index contributed by atoms with van der Waals surface area (Å²) >= 11 is 1.70. The first-order chi connectivity index (χ1) is 30.5. The minimum Gasteiger partial charge on any atom is -0.493 e. The zero-order valence-electron chi connectivity index (χ0n) is 37.0. The maximum absolute atomic E-state index is 6.25. The molecular weight excluding hydrogens is 805 g/mol. The Bertz CT molecular complexity index is 2160. The van der Waals surface area contributed by atoms with Gasteiger partial charge in [0.25, 0.3) is 0 Å². The van der Waals surface area contributed by atoms with Crippen LogP contribution in [0.5, 0.6) is 40.2 Å². The highest BCUT2D eigenvalue weighted by molar-refractivity contribution is 7.21. The molecule has 0 radical (unpaired) electrons. The fourth-order valence-electron chi connectivity index (χ4n) is 8.08. The van der Waals surface area contributed by atoms with Crippen LogP contribution in [0.25, 0.3) is 20.8 Å². The molecule has 5 aromatic rings. The van der Waals surface area contributed by atoms with E-state index in [0.29, 0.717) is 42.6 Å². The number of ether oxygens (including phenoxy) is 7. The minimum atomic E-state index is -0.242. The Morgan fingerprint density at radius 2 is 1.15 bits per heavy atom. The highest BCUT2D eigenvalue weighted by atomic mass is 32.1. The number of hydrogen-bond acceptors (Lipinski definition) is 13. The Morgan fingerprint density at radius 1 is 0.581 bits per heavy atom. The zero-order valence-corrected chi connectivity index (χ0v) is 37.8. The van der Waals surface area contributed by atoms with Crippen LogP contribution in [0, 0.1) is 0 Å². The number of aromatic nitrogens is 1. The van der Waals surface area contributed by atoms with Gasteiger partial charge >= 0.3 is 0 Å². The van der Waals surface area contributed by atoms with Crippen LogP contribution in [0.15, 0.2) is 78.0 Å². The molecule has 12 nitrogen and oxygen atoms in total. The van der Waals surface area contributed by atoms with Gasteiger partial charge in [-0.1, -0.05) is 49.0 Å². The van der Waals surface area contributed by atoms with Crippen molar-refractivity contribution in [2.24, 2.45) is 5.16 Å². The van der Waals surface area contributed by atoms with Crippen LogP contribution in [0.4, 0.5) is 0 Å². The van der Waals surface area contributed by atoms with Crippen molar-refractivity contribution in [1.29, 1.82) is 0 Å². The molecule has 332 valence electrons. The highest BCUT2D eigenvalue weighted by Crippen LogP contribution is 2.41. The second-order valence-corrected chi connectivity index (χ2v) is 16.8. The Balaban J connectivity index is 0.733. The normalized spacial score (nSPS) is 15.6. The van der Waals surface area contributed by atoms with E-state index in [-0.39, 0.29) is 6.10 Å². The molecule has 4 aromatic carbocycles. The van der Waals surface area contributed by atoms with E-state index in [4.69, 9.17) is 43.0 Å². The fraction of sp³-hybridized carbons (Fsp3) is 0.469. The highest BCUT2D eigenvalue weighted by Gasteiger charge is 2.27. The Labute approximate surface area is 370 Å². The Kier molecular flexibility index (Phi) is 16.4. The monoisotopic (exact) mass is 866 g/mol. The van der Waals surface area contributed by atoms with Crippen LogP contribution >= 0.6 is 11.3 Å². The van der Waals surface area contributed by atoms with E-state index in [1.54, 1.807) is 46.9 Å². The quantitative estimate of drug-likeness (QED) is 0.0554. The summed E-state index contributed by atoms with van der Waals surface area (Å²) in [5.74, 6) is 4.67. The van der Waals surface area contributed by atoms with Crippen LogP contribution < -0.4 is 33.2 Å². The molecule has 0 saturated carbocycles. The Morgan fingerprint density at radius 3 is 1.74 bits per heavy atom. The smallest absolute Gasteiger partial charge is 0.203 e. The van der Waals surface area contributed by atoms with E-state index in [0.717, 1.165) is 102 Å². The van der Waals surface area contributed by atoms with Crippen molar-refractivity contribution in [3.63, 3.8) is 0 Å². The summed E-state index contributed by atoms with van der Waals surface area (Å²) in [5.41, 5.74) is 4.73. The number of benzene rings is 4. The molecule has 0 amide bonds. The number of nitrogens with zero attached hydrogens (tertiary/aromatic N) is 4. The molecular formula is C49H62N4O8S. The minimum absolute atomic E-state index is 0.242. The van der Waals surface area contributed by atoms with Gasteiger partial charge in [-0.15, -0.1) is 11.3 Å². The lowest BCUT2D eigenvalue weighted by Gasteiger charge is -2.34. The van der Waals surface area contributed by atoms with E-state index in [2.05, 4.69) is 45.3 Å². The number of para-hydroxylation sites is 1. The number of oxime groups is 1. The molecule has 1 saturated heterocycles. The number of thiazole rings is 1. The molecule has 13 heteroatoms. The molecule has 3 heterocycles. The molecule has 1 fully saturated rings. The average molecular weight is 867 g/mol. The van der Waals surface area contributed by atoms with Gasteiger partial charge in [-0.25, -0.2) is 4.98 Å². The van der Waals surface area contributed by atoms with Crippen LogP contribution in [0.1, 0.15) is 75.0 Å². The number of rotatable bonds is 24. The standard InChI is InChI=1S/C49H62N4O8S/c1-54-40-20-18-35(42-34-39(51-61-42)37-32-45(56-3)48(58-5)46(33-37)57-4)30-43(40)59-28-14-8-6-12-22-52-24-26-53(27-25-52)23-13-7-9-15-29-60-44-31-36(19-21-41(44)55-2)49-50-38-16-10-11-17-47(38)62-49/h10-11,16-21,30-33,42H,6-9,12-15,22-29,34H2,1-5H3. The lowest BCUT2D eigenvalue weighted by Crippen LogP contribution is -2.46. The summed E-state index contributed by atoms with van der Waals surface area (Å²) < 4.78 is 41.4. The molecule has 0 N–H and O–H groups in total. The average Bonchev–Trinajstić information content (AvgIpc) is 3.99. The molecule has 7 rings (SSSR count). The molecule has 1 aromatic heterocycles. The van der Waals surface area contributed by atoms with Crippen LogP contribution in [-0.4, -0.2) is 109 Å². The second kappa shape index (κ2) is 22.7. The number of unbranched alkanes of at least 4 members (excludes halogenated alkanes) is 6. The predicted octanol–water partition coefficient (Wildman–Crippen LogP) is 10.1. The summed E-state index contributed by atoms with van der Waals surface area (Å²) in [7, 11) is 8.16. The number of hydrogen-bond donors (Lipinski definition) is 0. The fourth-order valence-corrected chi connectivity index (χ4v) is 9.04. The molecule has 1 atom stereocenters. The molecule has 2 aliphatic rings. The third-order valence-corrected chi connectivity index (χ3v) is 12.7. The van der Waals surface area contributed by atoms with Crippen LogP contribution in [0.2, 0.25) is 0 Å². The van der Waals surface area contributed by atoms with Crippen molar-refractivity contribution < 1.29 is 38.0 Å². The van der Waals surface area contributed by atoms with Crippen LogP contribution in [-0.2, 0) is 4.84 Å². The van der Waals surface area contributed by atoms with Crippen molar-refractivity contribution >= 4 is 27.3 Å². The van der Waals surface area contributed by atoms with Crippen molar-refractivity contribution in [2.75, 3.05) is 88.0 Å². The lowest BCUT2D eigenvalue weighted by molar-refractivity contribution is 0.0854. The number of methoxy groups -OCH3 is 5. The van der Waals surface area contributed by atoms with Gasteiger partial charge in [0, 0.05) is 43.7 Å². The third kappa shape index (κ3) is 11.6. The van der Waals surface area contributed by atoms with E-state index in [1.807, 2.05) is 42.5 Å². The summed E-state index contributed by atoms with van der Waals surface area (Å²) in [6, 6.07) is 24.1. The maximum Gasteiger partial charge on any atom is 0.203 e. The van der Waals surface area contributed by atoms with Gasteiger partial charge in [-0.2, -0.15) is 0 Å². The topological polar surface area (TPSA) is 106 Å². The first kappa shape index (κ1) is 44.8. The van der Waals surface area contributed by atoms with Gasteiger partial charge < -0.3 is 47.8 Å². The van der Waals surface area contributed by atoms with Crippen molar-refractivity contribution in [3.05, 3.63) is 83.9 Å². The SMILES string of the molecule is COc1ccc(-c2nc3ccccc3s2)cc1OCCCCCCN1CCN(CCCCCCOc2cc(C3CC(c4cc(OC)c(OC)c(OC)c4)=NO3)ccc2OC)CC1. The lowest BCUT2D eigenvalue weighted by atomic mass is 9.99. The number of piperazine rings is 1. The van der Waals surface area contributed by atoms with Crippen molar-refractivity contribution in [2.45, 2.75) is 63.9 Å². The van der Waals surface area contributed by atoms with Crippen molar-refractivity contribution in [1.82, 2.24) is 14.8 Å². The molecule has 0 spiro atoms. The second-order valence-electron chi connectivity index (χ2n) is 15.7. The summed E-state index contributed by atoms with van der Waals surface area (Å²) in [5, 5.41) is 5.41. The first-order valence-corrected chi connectivity index (χ1v) is 22.8. The maximum atomic E-state index is 6.25. The molecule has 1 unspecified atom stereocenters. The van der Waals surface area contributed by atoms with Gasteiger partial charge in [0.05, 0.1) is 64.7 Å². The van der Waals surface area contributed by atoms with E-state index < -0.39 is 0 Å². The number of fused-ring (bicyclic) bond motifs is 1. The van der Waals surface area contributed by atoms with Gasteiger partial charge in [0.2, 0.25) is 5.75 Å². The molecule has 0 aliphatic carbocycles. The van der Waals surface area contributed by atoms with Gasteiger partial charge in [-0.05, 0) is 98.9 Å². The summed E-state index contributed by atoms with van der Waals surface area (Å²) in [6.45, 7) is 8.30. The van der Waals surface area contributed by atoms with Crippen LogP contribution in [0.3, 0.4) is 0 Å². The summed E-state index contributed by atoms with van der Waals surface area (Å²) in [4.78, 5) is 16.0. The largest absolute Gasteiger partial charge is 0.493 e. The van der Waals surface area contributed by atoms with Gasteiger partial charge in [0.15, 0.2) is 40.6 Å². The van der Waals surface area contributed by atoms with E-state index in [9.17, 15) is 0 Å². The molecule has 62 heavy (non-hydrogen) atoms. The molecule has 0 bridgehead atoms. The van der Waals surface area contributed by atoms with Gasteiger partial charge in [-0.3, -0.25) is 0 Å². The molecule has 2 aliphatic heterocycles. The Hall–Kier alpha value is -5.24. The van der Waals surface area contributed by atoms with Crippen molar-refractivity contribution in [3.8, 4) is 50.8 Å². The van der Waals surface area contributed by atoms with E-state index in [1.165, 1.54) is 43.5 Å². The zero-order chi connectivity index (χ0) is 43.1. The van der Waals surface area contributed by atoms with E-state index >= 15 is 0 Å². The predicted molar refractivity (Wildman–Crippen MR) is 246 cm³/mol. The third-order valence-electron chi connectivity index (χ3n) is 11.6.